The van der Waals surface area contributed by atoms with E-state index in [9.17, 15) is 4.79 Å². The molecule has 4 nitrogen and oxygen atoms in total. The van der Waals surface area contributed by atoms with Crippen LogP contribution in [0.4, 0.5) is 0 Å². The van der Waals surface area contributed by atoms with Crippen LogP contribution in [0.1, 0.15) is 12.8 Å². The first kappa shape index (κ1) is 9.93. The predicted octanol–water partition coefficient (Wildman–Crippen LogP) is -0.0606. The normalized spacial score (nSPS) is 22.9. The van der Waals surface area contributed by atoms with Crippen LogP contribution < -0.4 is 0 Å². The van der Waals surface area contributed by atoms with Crippen molar-refractivity contribution in [1.29, 1.82) is 0 Å². The molecule has 4 heteroatoms. The zero-order valence-corrected chi connectivity index (χ0v) is 8.74. The Kier molecular flexibility index (Phi) is 3.03. The summed E-state index contributed by atoms with van der Waals surface area (Å²) in [7, 11) is 2.04. The molecule has 0 N–H and O–H groups in total. The zero-order chi connectivity index (χ0) is 9.97. The van der Waals surface area contributed by atoms with Crippen LogP contribution in [0.25, 0.3) is 0 Å². The Labute approximate surface area is 84.8 Å². The van der Waals surface area contributed by atoms with Crippen LogP contribution in [0.3, 0.4) is 0 Å². The number of hydrogen-bond acceptors (Lipinski definition) is 3. The number of nitrogens with zero attached hydrogens (tertiary/aromatic N) is 2. The number of morpholine rings is 1. The molecule has 1 saturated carbocycles. The van der Waals surface area contributed by atoms with Gasteiger partial charge in [-0.15, -0.1) is 0 Å². The minimum atomic E-state index is 0.253. The first-order valence-corrected chi connectivity index (χ1v) is 5.33. The molecule has 0 aromatic carbocycles. The van der Waals surface area contributed by atoms with E-state index in [1.165, 1.54) is 12.8 Å². The molecule has 0 bridgehead atoms. The monoisotopic (exact) mass is 198 g/mol. The maximum Gasteiger partial charge on any atom is 0.236 e. The molecular weight excluding hydrogens is 180 g/mol. The molecule has 0 radical (unpaired) electrons. The predicted molar refractivity (Wildman–Crippen MR) is 53.1 cm³/mol. The van der Waals surface area contributed by atoms with Gasteiger partial charge in [-0.1, -0.05) is 0 Å². The van der Waals surface area contributed by atoms with Gasteiger partial charge in [-0.2, -0.15) is 0 Å². The fraction of sp³-hybridized carbons (Fsp3) is 0.900. The average Bonchev–Trinajstić information content (AvgIpc) is 3.02. The summed E-state index contributed by atoms with van der Waals surface area (Å²) in [4.78, 5) is 15.8. The van der Waals surface area contributed by atoms with Crippen molar-refractivity contribution >= 4 is 5.91 Å². The van der Waals surface area contributed by atoms with Crippen LogP contribution in [-0.2, 0) is 9.53 Å². The second-order valence-electron chi connectivity index (χ2n) is 4.14. The van der Waals surface area contributed by atoms with Crippen molar-refractivity contribution in [3.05, 3.63) is 0 Å². The first-order valence-electron chi connectivity index (χ1n) is 5.33. The van der Waals surface area contributed by atoms with E-state index in [-0.39, 0.29) is 5.91 Å². The molecule has 1 amide bonds. The Bertz CT molecular complexity index is 210. The highest BCUT2D eigenvalue weighted by Gasteiger charge is 2.28. The molecule has 1 aliphatic carbocycles. The Morgan fingerprint density at radius 3 is 2.64 bits per heavy atom. The Morgan fingerprint density at radius 1 is 1.43 bits per heavy atom. The second-order valence-corrected chi connectivity index (χ2v) is 4.14. The Hall–Kier alpha value is -0.610. The molecule has 80 valence electrons. The molecule has 0 aromatic rings. The van der Waals surface area contributed by atoms with Gasteiger partial charge in [-0.3, -0.25) is 9.69 Å². The lowest BCUT2D eigenvalue weighted by molar-refractivity contribution is -0.136. The standard InChI is InChI=1S/C10H18N2O2/c1-11(9-2-3-9)8-10(13)12-4-6-14-7-5-12/h9H,2-8H2,1H3. The summed E-state index contributed by atoms with van der Waals surface area (Å²) >= 11 is 0. The van der Waals surface area contributed by atoms with Crippen LogP contribution in [0.5, 0.6) is 0 Å². The molecule has 0 atom stereocenters. The van der Waals surface area contributed by atoms with Gasteiger partial charge in [-0.05, 0) is 19.9 Å². The minimum absolute atomic E-state index is 0.253. The first-order chi connectivity index (χ1) is 6.77. The van der Waals surface area contributed by atoms with E-state index in [1.807, 2.05) is 11.9 Å². The number of amides is 1. The van der Waals surface area contributed by atoms with E-state index < -0.39 is 0 Å². The summed E-state index contributed by atoms with van der Waals surface area (Å²) < 4.78 is 5.21. The molecule has 14 heavy (non-hydrogen) atoms. The van der Waals surface area contributed by atoms with Crippen molar-refractivity contribution in [1.82, 2.24) is 9.80 Å². The lowest BCUT2D eigenvalue weighted by Gasteiger charge is -2.28. The van der Waals surface area contributed by atoms with Gasteiger partial charge in [0, 0.05) is 19.1 Å². The summed E-state index contributed by atoms with van der Waals surface area (Å²) in [5.74, 6) is 0.253. The lowest BCUT2D eigenvalue weighted by atomic mass is 10.4. The average molecular weight is 198 g/mol. The third kappa shape index (κ3) is 2.45. The van der Waals surface area contributed by atoms with Gasteiger partial charge in [0.05, 0.1) is 19.8 Å². The molecule has 1 aliphatic heterocycles. The van der Waals surface area contributed by atoms with Gasteiger partial charge < -0.3 is 9.64 Å². The van der Waals surface area contributed by atoms with E-state index in [0.29, 0.717) is 25.8 Å². The molecule has 2 fully saturated rings. The number of carbonyl (C=O) groups is 1. The summed E-state index contributed by atoms with van der Waals surface area (Å²) in [6.07, 6.45) is 2.51. The van der Waals surface area contributed by atoms with Gasteiger partial charge >= 0.3 is 0 Å². The van der Waals surface area contributed by atoms with Crippen molar-refractivity contribution < 1.29 is 9.53 Å². The van der Waals surface area contributed by atoms with E-state index >= 15 is 0 Å². The topological polar surface area (TPSA) is 32.8 Å². The van der Waals surface area contributed by atoms with Crippen LogP contribution in [0.15, 0.2) is 0 Å². The van der Waals surface area contributed by atoms with Crippen molar-refractivity contribution in [3.8, 4) is 0 Å². The fourth-order valence-electron chi connectivity index (χ4n) is 1.77. The number of likely N-dealkylation sites (N-methyl/N-ethyl adjacent to an activating group) is 1. The lowest BCUT2D eigenvalue weighted by Crippen LogP contribution is -2.45. The number of rotatable bonds is 3. The highest BCUT2D eigenvalue weighted by atomic mass is 16.5. The van der Waals surface area contributed by atoms with Gasteiger partial charge in [0.25, 0.3) is 0 Å². The van der Waals surface area contributed by atoms with Gasteiger partial charge in [-0.25, -0.2) is 0 Å². The molecular formula is C10H18N2O2. The number of hydrogen-bond donors (Lipinski definition) is 0. The fourth-order valence-corrected chi connectivity index (χ4v) is 1.77. The largest absolute Gasteiger partial charge is 0.378 e. The maximum atomic E-state index is 11.8. The van der Waals surface area contributed by atoms with Crippen LogP contribution >= 0.6 is 0 Å². The molecule has 0 unspecified atom stereocenters. The molecule has 0 spiro atoms. The zero-order valence-electron chi connectivity index (χ0n) is 8.74. The smallest absolute Gasteiger partial charge is 0.236 e. The third-order valence-corrected chi connectivity index (χ3v) is 2.92. The second kappa shape index (κ2) is 4.28. The summed E-state index contributed by atoms with van der Waals surface area (Å²) in [5.41, 5.74) is 0. The van der Waals surface area contributed by atoms with Crippen LogP contribution in [0, 0.1) is 0 Å². The van der Waals surface area contributed by atoms with Gasteiger partial charge in [0.2, 0.25) is 5.91 Å². The van der Waals surface area contributed by atoms with Crippen LogP contribution in [0.2, 0.25) is 0 Å². The summed E-state index contributed by atoms with van der Waals surface area (Å²) in [5, 5.41) is 0. The Morgan fingerprint density at radius 2 is 2.07 bits per heavy atom. The van der Waals surface area contributed by atoms with Gasteiger partial charge in [0.15, 0.2) is 0 Å². The minimum Gasteiger partial charge on any atom is -0.378 e. The SMILES string of the molecule is CN(CC(=O)N1CCOCC1)C1CC1. The molecule has 2 aliphatic rings. The van der Waals surface area contributed by atoms with E-state index in [4.69, 9.17) is 4.74 Å². The molecule has 0 aromatic heterocycles. The summed E-state index contributed by atoms with van der Waals surface area (Å²) in [6, 6.07) is 0.667. The van der Waals surface area contributed by atoms with Crippen molar-refractivity contribution in [2.45, 2.75) is 18.9 Å². The molecule has 1 saturated heterocycles. The van der Waals surface area contributed by atoms with Crippen molar-refractivity contribution in [3.63, 3.8) is 0 Å². The third-order valence-electron chi connectivity index (χ3n) is 2.92. The van der Waals surface area contributed by atoms with Crippen molar-refractivity contribution in [2.24, 2.45) is 0 Å². The van der Waals surface area contributed by atoms with E-state index in [1.54, 1.807) is 0 Å². The van der Waals surface area contributed by atoms with E-state index in [2.05, 4.69) is 4.90 Å². The maximum absolute atomic E-state index is 11.8. The Balaban J connectivity index is 1.75. The number of ether oxygens (including phenoxy) is 1. The quantitative estimate of drug-likeness (QED) is 0.637. The molecule has 2 rings (SSSR count). The van der Waals surface area contributed by atoms with Gasteiger partial charge in [0.1, 0.15) is 0 Å². The molecule has 1 heterocycles. The summed E-state index contributed by atoms with van der Waals surface area (Å²) in [6.45, 7) is 3.48. The van der Waals surface area contributed by atoms with Crippen molar-refractivity contribution in [2.75, 3.05) is 39.9 Å². The highest BCUT2D eigenvalue weighted by Crippen LogP contribution is 2.24. The van der Waals surface area contributed by atoms with E-state index in [0.717, 1.165) is 13.1 Å². The number of carbonyl (C=O) groups excluding carboxylic acids is 1. The highest BCUT2D eigenvalue weighted by molar-refractivity contribution is 5.78. The van der Waals surface area contributed by atoms with Crippen LogP contribution in [-0.4, -0.2) is 61.6 Å².